The lowest BCUT2D eigenvalue weighted by Crippen LogP contribution is -2.36. The molecule has 1 heterocycles. The third-order valence-electron chi connectivity index (χ3n) is 1.93. The van der Waals surface area contributed by atoms with Crippen LogP contribution in [0.1, 0.15) is 19.8 Å². The van der Waals surface area contributed by atoms with E-state index in [1.807, 2.05) is 0 Å². The molecule has 10 heavy (non-hydrogen) atoms. The van der Waals surface area contributed by atoms with Crippen molar-refractivity contribution in [3.63, 3.8) is 0 Å². The summed E-state index contributed by atoms with van der Waals surface area (Å²) in [5.74, 6) is 0. The zero-order chi connectivity index (χ0) is 7.23. The predicted octanol–water partition coefficient (Wildman–Crippen LogP) is 1.12. The smallest absolute Gasteiger partial charge is 0.0594 e. The van der Waals surface area contributed by atoms with Crippen molar-refractivity contribution in [2.24, 2.45) is 0 Å². The van der Waals surface area contributed by atoms with E-state index in [1.54, 1.807) is 0 Å². The lowest BCUT2D eigenvalue weighted by atomic mass is 10.3. The molecule has 1 saturated heterocycles. The molecule has 0 radical (unpaired) electrons. The maximum absolute atomic E-state index is 5.24. The molecule has 0 spiro atoms. The summed E-state index contributed by atoms with van der Waals surface area (Å²) in [4.78, 5) is 2.48. The van der Waals surface area contributed by atoms with Crippen LogP contribution in [0.5, 0.6) is 0 Å². The lowest BCUT2D eigenvalue weighted by Gasteiger charge is -2.26. The monoisotopic (exact) mass is 143 g/mol. The van der Waals surface area contributed by atoms with Crippen molar-refractivity contribution < 1.29 is 4.74 Å². The van der Waals surface area contributed by atoms with Gasteiger partial charge >= 0.3 is 0 Å². The van der Waals surface area contributed by atoms with Crippen LogP contribution in [0, 0.1) is 0 Å². The highest BCUT2D eigenvalue weighted by molar-refractivity contribution is 4.60. The number of rotatable bonds is 3. The molecule has 0 aliphatic carbocycles. The van der Waals surface area contributed by atoms with Crippen LogP contribution >= 0.6 is 0 Å². The fourth-order valence-electron chi connectivity index (χ4n) is 1.21. The van der Waals surface area contributed by atoms with Crippen LogP contribution in [0.3, 0.4) is 0 Å². The Morgan fingerprint density at radius 3 is 2.60 bits per heavy atom. The van der Waals surface area contributed by atoms with Gasteiger partial charge in [-0.2, -0.15) is 0 Å². The minimum Gasteiger partial charge on any atom is -0.379 e. The SMILES string of the molecule is CCCCN1CCOCC1. The highest BCUT2D eigenvalue weighted by Crippen LogP contribution is 1.98. The molecule has 0 atom stereocenters. The van der Waals surface area contributed by atoms with Gasteiger partial charge in [-0.25, -0.2) is 0 Å². The highest BCUT2D eigenvalue weighted by atomic mass is 16.5. The molecule has 0 unspecified atom stereocenters. The Morgan fingerprint density at radius 2 is 2.00 bits per heavy atom. The van der Waals surface area contributed by atoms with E-state index in [0.717, 1.165) is 26.3 Å². The van der Waals surface area contributed by atoms with Crippen molar-refractivity contribution in [1.29, 1.82) is 0 Å². The van der Waals surface area contributed by atoms with Gasteiger partial charge < -0.3 is 4.74 Å². The highest BCUT2D eigenvalue weighted by Gasteiger charge is 2.07. The average molecular weight is 143 g/mol. The Labute approximate surface area is 63.2 Å². The van der Waals surface area contributed by atoms with E-state index in [9.17, 15) is 0 Å². The van der Waals surface area contributed by atoms with Crippen molar-refractivity contribution >= 4 is 0 Å². The first kappa shape index (κ1) is 8.02. The van der Waals surface area contributed by atoms with Gasteiger partial charge in [0.05, 0.1) is 13.2 Å². The number of morpholine rings is 1. The van der Waals surface area contributed by atoms with E-state index < -0.39 is 0 Å². The maximum Gasteiger partial charge on any atom is 0.0594 e. The van der Waals surface area contributed by atoms with Gasteiger partial charge in [-0.05, 0) is 13.0 Å². The van der Waals surface area contributed by atoms with Crippen LogP contribution in [0.2, 0.25) is 0 Å². The number of unbranched alkanes of at least 4 members (excludes halogenated alkanes) is 1. The molecule has 1 fully saturated rings. The van der Waals surface area contributed by atoms with E-state index >= 15 is 0 Å². The van der Waals surface area contributed by atoms with Crippen LogP contribution < -0.4 is 0 Å². The third kappa shape index (κ3) is 2.67. The number of hydrogen-bond donors (Lipinski definition) is 0. The topological polar surface area (TPSA) is 12.5 Å². The predicted molar refractivity (Wildman–Crippen MR) is 42.2 cm³/mol. The second-order valence-corrected chi connectivity index (χ2v) is 2.81. The second-order valence-electron chi connectivity index (χ2n) is 2.81. The minimum atomic E-state index is 0.934. The number of hydrogen-bond acceptors (Lipinski definition) is 2. The molecule has 0 aromatic rings. The molecule has 1 aliphatic rings. The molecule has 0 aromatic carbocycles. The van der Waals surface area contributed by atoms with Crippen molar-refractivity contribution in [3.05, 3.63) is 0 Å². The van der Waals surface area contributed by atoms with Crippen molar-refractivity contribution in [2.45, 2.75) is 19.8 Å². The summed E-state index contributed by atoms with van der Waals surface area (Å²) in [5.41, 5.74) is 0. The molecule has 2 nitrogen and oxygen atoms in total. The van der Waals surface area contributed by atoms with Gasteiger partial charge in [0.2, 0.25) is 0 Å². The molecule has 1 aliphatic heterocycles. The van der Waals surface area contributed by atoms with Gasteiger partial charge in [-0.1, -0.05) is 13.3 Å². The summed E-state index contributed by atoms with van der Waals surface area (Å²) in [6, 6.07) is 0. The fraction of sp³-hybridized carbons (Fsp3) is 1.00. The minimum absolute atomic E-state index is 0.934. The molecule has 1 rings (SSSR count). The van der Waals surface area contributed by atoms with E-state index in [2.05, 4.69) is 11.8 Å². The van der Waals surface area contributed by atoms with Crippen LogP contribution in [0.25, 0.3) is 0 Å². The van der Waals surface area contributed by atoms with Crippen molar-refractivity contribution in [2.75, 3.05) is 32.8 Å². The van der Waals surface area contributed by atoms with E-state index in [4.69, 9.17) is 4.74 Å². The molecule has 0 amide bonds. The Morgan fingerprint density at radius 1 is 1.30 bits per heavy atom. The van der Waals surface area contributed by atoms with E-state index in [-0.39, 0.29) is 0 Å². The molecule has 0 N–H and O–H groups in total. The fourth-order valence-corrected chi connectivity index (χ4v) is 1.21. The average Bonchev–Trinajstić information content (AvgIpc) is 2.03. The second kappa shape index (κ2) is 4.69. The molecule has 60 valence electrons. The van der Waals surface area contributed by atoms with Gasteiger partial charge in [0.1, 0.15) is 0 Å². The Hall–Kier alpha value is -0.0800. The summed E-state index contributed by atoms with van der Waals surface area (Å²) >= 11 is 0. The Kier molecular flexibility index (Phi) is 3.76. The van der Waals surface area contributed by atoms with Gasteiger partial charge in [0.25, 0.3) is 0 Å². The van der Waals surface area contributed by atoms with Crippen molar-refractivity contribution in [1.82, 2.24) is 4.90 Å². The largest absolute Gasteiger partial charge is 0.379 e. The lowest BCUT2D eigenvalue weighted by molar-refractivity contribution is 0.0373. The zero-order valence-electron chi connectivity index (χ0n) is 6.81. The number of nitrogens with zero attached hydrogens (tertiary/aromatic N) is 1. The summed E-state index contributed by atoms with van der Waals surface area (Å²) < 4.78 is 5.24. The van der Waals surface area contributed by atoms with Crippen LogP contribution in [-0.4, -0.2) is 37.7 Å². The van der Waals surface area contributed by atoms with E-state index in [1.165, 1.54) is 19.4 Å². The van der Waals surface area contributed by atoms with Gasteiger partial charge in [0, 0.05) is 13.1 Å². The molecule has 0 bridgehead atoms. The molecule has 0 saturated carbocycles. The van der Waals surface area contributed by atoms with Crippen LogP contribution in [-0.2, 0) is 4.74 Å². The Balaban J connectivity index is 2.02. The summed E-state index contributed by atoms with van der Waals surface area (Å²) in [7, 11) is 0. The quantitative estimate of drug-likeness (QED) is 0.587. The summed E-state index contributed by atoms with van der Waals surface area (Å²) in [6.07, 6.45) is 2.64. The third-order valence-corrected chi connectivity index (χ3v) is 1.93. The molecular weight excluding hydrogens is 126 g/mol. The summed E-state index contributed by atoms with van der Waals surface area (Å²) in [5, 5.41) is 0. The zero-order valence-corrected chi connectivity index (χ0v) is 6.81. The standard InChI is InChI=1S/C8H17NO/c1-2-3-4-9-5-7-10-8-6-9/h2-8H2,1H3. The normalized spacial score (nSPS) is 21.3. The van der Waals surface area contributed by atoms with Gasteiger partial charge in [-0.3, -0.25) is 4.90 Å². The van der Waals surface area contributed by atoms with Gasteiger partial charge in [0.15, 0.2) is 0 Å². The maximum atomic E-state index is 5.24. The molecular formula is C8H17NO. The first-order valence-electron chi connectivity index (χ1n) is 4.23. The first-order valence-corrected chi connectivity index (χ1v) is 4.23. The van der Waals surface area contributed by atoms with Gasteiger partial charge in [-0.15, -0.1) is 0 Å². The first-order chi connectivity index (χ1) is 4.93. The molecule has 0 aromatic heterocycles. The number of ether oxygens (including phenoxy) is 1. The van der Waals surface area contributed by atoms with Crippen molar-refractivity contribution in [3.8, 4) is 0 Å². The van der Waals surface area contributed by atoms with Crippen LogP contribution in [0.4, 0.5) is 0 Å². The molecule has 2 heteroatoms. The van der Waals surface area contributed by atoms with Crippen LogP contribution in [0.15, 0.2) is 0 Å². The summed E-state index contributed by atoms with van der Waals surface area (Å²) in [6.45, 7) is 7.65. The van der Waals surface area contributed by atoms with E-state index in [0.29, 0.717) is 0 Å². The Bertz CT molecular complexity index is 79.3.